The minimum Gasteiger partial charge on any atom is -0.311 e. The van der Waals surface area contributed by atoms with E-state index in [2.05, 4.69) is 45.0 Å². The number of rotatable bonds is 3. The molecule has 14 heavy (non-hydrogen) atoms. The number of likely N-dealkylation sites (N-methyl/N-ethyl adjacent to an activating group) is 1. The lowest BCUT2D eigenvalue weighted by molar-refractivity contribution is 0.108. The van der Waals surface area contributed by atoms with Crippen LogP contribution < -0.4 is 5.32 Å². The van der Waals surface area contributed by atoms with Crippen molar-refractivity contribution in [1.82, 2.24) is 10.2 Å². The highest BCUT2D eigenvalue weighted by Gasteiger charge is 2.28. The molecule has 0 aromatic carbocycles. The maximum Gasteiger partial charge on any atom is 0.0241 e. The van der Waals surface area contributed by atoms with Gasteiger partial charge >= 0.3 is 0 Å². The van der Waals surface area contributed by atoms with E-state index in [1.165, 1.54) is 13.0 Å². The summed E-state index contributed by atoms with van der Waals surface area (Å²) in [5.74, 6) is 1.55. The SMILES string of the molecule is CCC(C)C1CN(C)C(C(C)C)CN1. The summed E-state index contributed by atoms with van der Waals surface area (Å²) >= 11 is 0. The number of hydrogen-bond donors (Lipinski definition) is 1. The quantitative estimate of drug-likeness (QED) is 0.746. The number of piperazine rings is 1. The van der Waals surface area contributed by atoms with Crippen LogP contribution in [-0.4, -0.2) is 37.1 Å². The molecule has 2 heteroatoms. The molecular weight excluding hydrogens is 172 g/mol. The lowest BCUT2D eigenvalue weighted by Gasteiger charge is -2.42. The van der Waals surface area contributed by atoms with Crippen molar-refractivity contribution in [3.63, 3.8) is 0 Å². The molecule has 1 N–H and O–H groups in total. The molecule has 0 radical (unpaired) electrons. The Morgan fingerprint density at radius 2 is 2.00 bits per heavy atom. The largest absolute Gasteiger partial charge is 0.311 e. The molecule has 1 aliphatic heterocycles. The highest BCUT2D eigenvalue weighted by Crippen LogP contribution is 2.17. The second-order valence-corrected chi connectivity index (χ2v) is 5.15. The first-order valence-electron chi connectivity index (χ1n) is 5.99. The number of nitrogens with zero attached hydrogens (tertiary/aromatic N) is 1. The Kier molecular flexibility index (Phi) is 4.39. The fraction of sp³-hybridized carbons (Fsp3) is 1.00. The van der Waals surface area contributed by atoms with E-state index >= 15 is 0 Å². The van der Waals surface area contributed by atoms with Gasteiger partial charge in [0, 0.05) is 25.2 Å². The molecule has 2 nitrogen and oxygen atoms in total. The second-order valence-electron chi connectivity index (χ2n) is 5.15. The fourth-order valence-corrected chi connectivity index (χ4v) is 2.35. The van der Waals surface area contributed by atoms with E-state index in [0.29, 0.717) is 6.04 Å². The summed E-state index contributed by atoms with van der Waals surface area (Å²) in [6.07, 6.45) is 1.28. The summed E-state index contributed by atoms with van der Waals surface area (Å²) in [4.78, 5) is 2.53. The van der Waals surface area contributed by atoms with E-state index in [9.17, 15) is 0 Å². The van der Waals surface area contributed by atoms with Crippen molar-refractivity contribution in [2.75, 3.05) is 20.1 Å². The van der Waals surface area contributed by atoms with Crippen molar-refractivity contribution in [1.29, 1.82) is 0 Å². The zero-order valence-corrected chi connectivity index (χ0v) is 10.4. The standard InChI is InChI=1S/C12H26N2/c1-6-10(4)11-8-14(5)12(7-13-11)9(2)3/h9-13H,6-8H2,1-5H3. The average Bonchev–Trinajstić information content (AvgIpc) is 2.15. The van der Waals surface area contributed by atoms with E-state index in [1.54, 1.807) is 0 Å². The van der Waals surface area contributed by atoms with Crippen LogP contribution in [0.1, 0.15) is 34.1 Å². The predicted molar refractivity (Wildman–Crippen MR) is 62.5 cm³/mol. The van der Waals surface area contributed by atoms with Gasteiger partial charge in [-0.25, -0.2) is 0 Å². The molecule has 1 heterocycles. The van der Waals surface area contributed by atoms with Crippen LogP contribution in [0.3, 0.4) is 0 Å². The molecule has 3 unspecified atom stereocenters. The normalized spacial score (nSPS) is 32.1. The van der Waals surface area contributed by atoms with Crippen molar-refractivity contribution in [2.45, 2.75) is 46.2 Å². The Hall–Kier alpha value is -0.0800. The van der Waals surface area contributed by atoms with Gasteiger partial charge in [0.1, 0.15) is 0 Å². The maximum absolute atomic E-state index is 3.69. The van der Waals surface area contributed by atoms with Crippen LogP contribution in [0, 0.1) is 11.8 Å². The molecule has 3 atom stereocenters. The van der Waals surface area contributed by atoms with Crippen LogP contribution >= 0.6 is 0 Å². The van der Waals surface area contributed by atoms with Crippen LogP contribution in [0.5, 0.6) is 0 Å². The zero-order chi connectivity index (χ0) is 10.7. The minimum atomic E-state index is 0.694. The molecule has 0 amide bonds. The molecule has 0 aliphatic carbocycles. The van der Waals surface area contributed by atoms with E-state index in [4.69, 9.17) is 0 Å². The summed E-state index contributed by atoms with van der Waals surface area (Å²) in [5.41, 5.74) is 0. The highest BCUT2D eigenvalue weighted by atomic mass is 15.2. The maximum atomic E-state index is 3.69. The van der Waals surface area contributed by atoms with Gasteiger partial charge in [-0.05, 0) is 18.9 Å². The van der Waals surface area contributed by atoms with Gasteiger partial charge in [-0.2, -0.15) is 0 Å². The van der Waals surface area contributed by atoms with Gasteiger partial charge < -0.3 is 10.2 Å². The van der Waals surface area contributed by atoms with Gasteiger partial charge in [0.05, 0.1) is 0 Å². The van der Waals surface area contributed by atoms with E-state index in [0.717, 1.165) is 24.4 Å². The summed E-state index contributed by atoms with van der Waals surface area (Å²) in [5, 5.41) is 3.69. The number of hydrogen-bond acceptors (Lipinski definition) is 2. The van der Waals surface area contributed by atoms with Crippen molar-refractivity contribution in [3.05, 3.63) is 0 Å². The smallest absolute Gasteiger partial charge is 0.0241 e. The number of nitrogens with one attached hydrogen (secondary N) is 1. The van der Waals surface area contributed by atoms with E-state index in [-0.39, 0.29) is 0 Å². The van der Waals surface area contributed by atoms with Crippen molar-refractivity contribution in [2.24, 2.45) is 11.8 Å². The zero-order valence-electron chi connectivity index (χ0n) is 10.4. The summed E-state index contributed by atoms with van der Waals surface area (Å²) in [6, 6.07) is 1.41. The molecule has 0 spiro atoms. The van der Waals surface area contributed by atoms with Crippen LogP contribution in [0.4, 0.5) is 0 Å². The third-order valence-corrected chi connectivity index (χ3v) is 3.74. The Bertz CT molecular complexity index is 168. The van der Waals surface area contributed by atoms with Gasteiger partial charge in [0.15, 0.2) is 0 Å². The topological polar surface area (TPSA) is 15.3 Å². The first-order valence-corrected chi connectivity index (χ1v) is 5.99. The van der Waals surface area contributed by atoms with Crippen LogP contribution in [0.2, 0.25) is 0 Å². The van der Waals surface area contributed by atoms with Crippen LogP contribution in [0.25, 0.3) is 0 Å². The average molecular weight is 198 g/mol. The first kappa shape index (κ1) is 12.0. The lowest BCUT2D eigenvalue weighted by atomic mass is 9.93. The van der Waals surface area contributed by atoms with Crippen molar-refractivity contribution >= 4 is 0 Å². The molecule has 0 aromatic rings. The van der Waals surface area contributed by atoms with E-state index in [1.807, 2.05) is 0 Å². The van der Waals surface area contributed by atoms with E-state index < -0.39 is 0 Å². The lowest BCUT2D eigenvalue weighted by Crippen LogP contribution is -2.58. The predicted octanol–water partition coefficient (Wildman–Crippen LogP) is 1.96. The third kappa shape index (κ3) is 2.71. The first-order chi connectivity index (χ1) is 6.56. The monoisotopic (exact) mass is 198 g/mol. The van der Waals surface area contributed by atoms with Crippen molar-refractivity contribution in [3.8, 4) is 0 Å². The summed E-state index contributed by atoms with van der Waals surface area (Å²) < 4.78 is 0. The van der Waals surface area contributed by atoms with Gasteiger partial charge in [-0.1, -0.05) is 34.1 Å². The Balaban J connectivity index is 2.46. The Morgan fingerprint density at radius 1 is 1.36 bits per heavy atom. The van der Waals surface area contributed by atoms with Crippen LogP contribution in [0.15, 0.2) is 0 Å². The molecule has 84 valence electrons. The third-order valence-electron chi connectivity index (χ3n) is 3.74. The Morgan fingerprint density at radius 3 is 2.43 bits per heavy atom. The molecule has 1 saturated heterocycles. The summed E-state index contributed by atoms with van der Waals surface area (Å²) in [6.45, 7) is 11.6. The molecule has 0 bridgehead atoms. The molecule has 1 rings (SSSR count). The molecule has 0 aromatic heterocycles. The molecule has 1 aliphatic rings. The Labute approximate surface area is 89.1 Å². The molecular formula is C12H26N2. The molecule has 1 fully saturated rings. The second kappa shape index (κ2) is 5.13. The highest BCUT2D eigenvalue weighted by molar-refractivity contribution is 4.87. The van der Waals surface area contributed by atoms with Crippen LogP contribution in [-0.2, 0) is 0 Å². The van der Waals surface area contributed by atoms with Gasteiger partial charge in [0.2, 0.25) is 0 Å². The van der Waals surface area contributed by atoms with Gasteiger partial charge in [-0.15, -0.1) is 0 Å². The minimum absolute atomic E-state index is 0.694. The van der Waals surface area contributed by atoms with Crippen molar-refractivity contribution < 1.29 is 0 Å². The van der Waals surface area contributed by atoms with Gasteiger partial charge in [-0.3, -0.25) is 0 Å². The molecule has 0 saturated carbocycles. The summed E-state index contributed by atoms with van der Waals surface area (Å²) in [7, 11) is 2.26. The van der Waals surface area contributed by atoms with Gasteiger partial charge in [0.25, 0.3) is 0 Å². The fourth-order valence-electron chi connectivity index (χ4n) is 2.35.